The third-order valence-electron chi connectivity index (χ3n) is 3.74. The molecule has 0 aliphatic heterocycles. The molecule has 0 saturated carbocycles. The van der Waals surface area contributed by atoms with E-state index >= 15 is 0 Å². The van der Waals surface area contributed by atoms with Crippen molar-refractivity contribution in [2.24, 2.45) is 5.10 Å². The van der Waals surface area contributed by atoms with Crippen LogP contribution in [-0.2, 0) is 4.74 Å². The van der Waals surface area contributed by atoms with E-state index in [-0.39, 0.29) is 5.91 Å². The number of benzene rings is 2. The summed E-state index contributed by atoms with van der Waals surface area (Å²) in [6.07, 6.45) is 5.26. The average Bonchev–Trinajstić information content (AvgIpc) is 3.22. The number of hydrogen-bond acceptors (Lipinski definition) is 4. The molecule has 1 aromatic heterocycles. The quantitative estimate of drug-likeness (QED) is 0.438. The highest BCUT2D eigenvalue weighted by atomic mass is 16.5. The fourth-order valence-corrected chi connectivity index (χ4v) is 2.43. The third kappa shape index (κ3) is 3.87. The van der Waals surface area contributed by atoms with Gasteiger partial charge in [0.05, 0.1) is 30.1 Å². The predicted molar refractivity (Wildman–Crippen MR) is 98.6 cm³/mol. The molecule has 0 saturated heterocycles. The molecule has 130 valence electrons. The fourth-order valence-electron chi connectivity index (χ4n) is 2.43. The van der Waals surface area contributed by atoms with Gasteiger partial charge in [0.2, 0.25) is 0 Å². The molecule has 0 spiro atoms. The minimum atomic E-state index is -0.400. The van der Waals surface area contributed by atoms with Crippen LogP contribution in [0.5, 0.6) is 0 Å². The first kappa shape index (κ1) is 17.2. The minimum absolute atomic E-state index is 0.309. The molecule has 0 bridgehead atoms. The van der Waals surface area contributed by atoms with E-state index in [1.165, 1.54) is 13.3 Å². The molecular formula is C20H17N3O3. The standard InChI is InChI=1S/C20H17N3O3/c1-26-20(25)16-10-8-15(9-11-16)14-21-22-19(24)17-6-2-3-7-18(17)23-12-4-5-13-23/h2-14H,1H3,(H,22,24)/b21-14-. The van der Waals surface area contributed by atoms with Crippen LogP contribution in [0.4, 0.5) is 0 Å². The molecule has 0 aliphatic carbocycles. The Morgan fingerprint density at radius 2 is 1.69 bits per heavy atom. The average molecular weight is 347 g/mol. The van der Waals surface area contributed by atoms with Gasteiger partial charge in [-0.25, -0.2) is 10.2 Å². The van der Waals surface area contributed by atoms with Crippen LogP contribution in [0.2, 0.25) is 0 Å². The SMILES string of the molecule is COC(=O)c1ccc(/C=N\NC(=O)c2ccccc2-n2cccc2)cc1. The van der Waals surface area contributed by atoms with Crippen LogP contribution in [0.3, 0.4) is 0 Å². The van der Waals surface area contributed by atoms with Crippen LogP contribution in [0, 0.1) is 0 Å². The van der Waals surface area contributed by atoms with Crippen molar-refractivity contribution >= 4 is 18.1 Å². The van der Waals surface area contributed by atoms with E-state index < -0.39 is 5.97 Å². The molecule has 3 aromatic rings. The maximum atomic E-state index is 12.4. The predicted octanol–water partition coefficient (Wildman–Crippen LogP) is 3.03. The van der Waals surface area contributed by atoms with Gasteiger partial charge in [0.15, 0.2) is 0 Å². The number of aromatic nitrogens is 1. The number of ether oxygens (including phenoxy) is 1. The van der Waals surface area contributed by atoms with E-state index in [0.29, 0.717) is 11.1 Å². The summed E-state index contributed by atoms with van der Waals surface area (Å²) in [7, 11) is 1.33. The molecule has 26 heavy (non-hydrogen) atoms. The van der Waals surface area contributed by atoms with Gasteiger partial charge in [0.1, 0.15) is 0 Å². The molecule has 6 heteroatoms. The molecule has 0 radical (unpaired) electrons. The van der Waals surface area contributed by atoms with Gasteiger partial charge in [-0.3, -0.25) is 4.79 Å². The van der Waals surface area contributed by atoms with Gasteiger partial charge in [0.25, 0.3) is 5.91 Å². The Kier molecular flexibility index (Phi) is 5.24. The van der Waals surface area contributed by atoms with Crippen molar-refractivity contribution < 1.29 is 14.3 Å². The minimum Gasteiger partial charge on any atom is -0.465 e. The van der Waals surface area contributed by atoms with Crippen LogP contribution >= 0.6 is 0 Å². The van der Waals surface area contributed by atoms with E-state index in [4.69, 9.17) is 0 Å². The lowest BCUT2D eigenvalue weighted by atomic mass is 10.1. The van der Waals surface area contributed by atoms with Crippen LogP contribution in [0.1, 0.15) is 26.3 Å². The van der Waals surface area contributed by atoms with Gasteiger partial charge in [0, 0.05) is 12.4 Å². The second kappa shape index (κ2) is 7.94. The lowest BCUT2D eigenvalue weighted by Crippen LogP contribution is -2.19. The van der Waals surface area contributed by atoms with Crippen molar-refractivity contribution in [1.29, 1.82) is 0 Å². The molecule has 1 amide bonds. The van der Waals surface area contributed by atoms with Crippen molar-refractivity contribution in [3.63, 3.8) is 0 Å². The Bertz CT molecular complexity index is 929. The van der Waals surface area contributed by atoms with Gasteiger partial charge in [-0.1, -0.05) is 24.3 Å². The Hall–Kier alpha value is -3.67. The number of nitrogens with one attached hydrogen (secondary N) is 1. The maximum absolute atomic E-state index is 12.4. The topological polar surface area (TPSA) is 72.7 Å². The number of hydrazone groups is 1. The summed E-state index contributed by atoms with van der Waals surface area (Å²) in [5, 5.41) is 3.99. The largest absolute Gasteiger partial charge is 0.465 e. The number of amides is 1. The molecule has 1 N–H and O–H groups in total. The summed E-state index contributed by atoms with van der Waals surface area (Å²) in [4.78, 5) is 23.8. The second-order valence-corrected chi connectivity index (χ2v) is 5.42. The lowest BCUT2D eigenvalue weighted by Gasteiger charge is -2.09. The second-order valence-electron chi connectivity index (χ2n) is 5.42. The zero-order valence-corrected chi connectivity index (χ0v) is 14.1. The van der Waals surface area contributed by atoms with Crippen LogP contribution < -0.4 is 5.43 Å². The Morgan fingerprint density at radius 1 is 1.00 bits per heavy atom. The Morgan fingerprint density at radius 3 is 2.38 bits per heavy atom. The van der Waals surface area contributed by atoms with Gasteiger partial charge in [-0.2, -0.15) is 5.10 Å². The molecular weight excluding hydrogens is 330 g/mol. The zero-order valence-electron chi connectivity index (χ0n) is 14.1. The Labute approximate surface area is 150 Å². The molecule has 1 heterocycles. The number of hydrogen-bond donors (Lipinski definition) is 1. The highest BCUT2D eigenvalue weighted by molar-refractivity contribution is 5.98. The number of rotatable bonds is 5. The molecule has 0 atom stereocenters. The first-order chi connectivity index (χ1) is 12.7. The molecule has 0 aliphatic rings. The number of carbonyl (C=O) groups excluding carboxylic acids is 2. The number of nitrogens with zero attached hydrogens (tertiary/aromatic N) is 2. The third-order valence-corrected chi connectivity index (χ3v) is 3.74. The number of methoxy groups -OCH3 is 1. The summed E-state index contributed by atoms with van der Waals surface area (Å²) >= 11 is 0. The van der Waals surface area contributed by atoms with Gasteiger partial charge < -0.3 is 9.30 Å². The van der Waals surface area contributed by atoms with E-state index in [2.05, 4.69) is 15.3 Å². The van der Waals surface area contributed by atoms with E-state index in [1.54, 1.807) is 36.4 Å². The fraction of sp³-hybridized carbons (Fsp3) is 0.0500. The highest BCUT2D eigenvalue weighted by Crippen LogP contribution is 2.14. The van der Waals surface area contributed by atoms with Crippen molar-refractivity contribution in [2.75, 3.05) is 7.11 Å². The van der Waals surface area contributed by atoms with Crippen molar-refractivity contribution in [1.82, 2.24) is 9.99 Å². The number of esters is 1. The Balaban J connectivity index is 1.70. The molecule has 0 unspecified atom stereocenters. The zero-order chi connectivity index (χ0) is 18.4. The molecule has 6 nitrogen and oxygen atoms in total. The number of para-hydroxylation sites is 1. The summed E-state index contributed by atoms with van der Waals surface area (Å²) in [5.74, 6) is -0.708. The monoisotopic (exact) mass is 347 g/mol. The summed E-state index contributed by atoms with van der Waals surface area (Å²) < 4.78 is 6.51. The van der Waals surface area contributed by atoms with E-state index in [1.807, 2.05) is 41.2 Å². The molecule has 0 fully saturated rings. The molecule has 3 rings (SSSR count). The highest BCUT2D eigenvalue weighted by Gasteiger charge is 2.11. The van der Waals surface area contributed by atoms with Gasteiger partial charge in [-0.05, 0) is 42.0 Å². The van der Waals surface area contributed by atoms with Crippen molar-refractivity contribution in [3.05, 3.63) is 89.7 Å². The van der Waals surface area contributed by atoms with Crippen LogP contribution in [0.25, 0.3) is 5.69 Å². The van der Waals surface area contributed by atoms with E-state index in [9.17, 15) is 9.59 Å². The first-order valence-corrected chi connectivity index (χ1v) is 7.93. The number of carbonyl (C=O) groups is 2. The first-order valence-electron chi connectivity index (χ1n) is 7.93. The maximum Gasteiger partial charge on any atom is 0.337 e. The van der Waals surface area contributed by atoms with E-state index in [0.717, 1.165) is 11.3 Å². The lowest BCUT2D eigenvalue weighted by molar-refractivity contribution is 0.0600. The normalized spacial score (nSPS) is 10.7. The summed E-state index contributed by atoms with van der Waals surface area (Å²) in [6, 6.07) is 17.8. The van der Waals surface area contributed by atoms with Crippen molar-refractivity contribution in [3.8, 4) is 5.69 Å². The van der Waals surface area contributed by atoms with Crippen LogP contribution in [0.15, 0.2) is 78.2 Å². The van der Waals surface area contributed by atoms with Crippen molar-refractivity contribution in [2.45, 2.75) is 0 Å². The summed E-state index contributed by atoms with van der Waals surface area (Å²) in [6.45, 7) is 0. The molecule has 2 aromatic carbocycles. The van der Waals surface area contributed by atoms with Gasteiger partial charge in [-0.15, -0.1) is 0 Å². The van der Waals surface area contributed by atoms with Crippen LogP contribution in [-0.4, -0.2) is 29.8 Å². The van der Waals surface area contributed by atoms with Gasteiger partial charge >= 0.3 is 5.97 Å². The summed E-state index contributed by atoms with van der Waals surface area (Å²) in [5.41, 5.74) is 5.01. The smallest absolute Gasteiger partial charge is 0.337 e.